The molecule has 0 spiro atoms. The maximum Gasteiger partial charge on any atom is 0.191 e. The van der Waals surface area contributed by atoms with E-state index in [1.165, 1.54) is 32.5 Å². The summed E-state index contributed by atoms with van der Waals surface area (Å²) in [6.45, 7) is 11.8. The van der Waals surface area contributed by atoms with Gasteiger partial charge in [-0.3, -0.25) is 0 Å². The monoisotopic (exact) mass is 480 g/mol. The van der Waals surface area contributed by atoms with E-state index in [-0.39, 0.29) is 24.0 Å². The van der Waals surface area contributed by atoms with Crippen LogP contribution in [-0.2, 0) is 5.60 Å². The predicted octanol–water partition coefficient (Wildman–Crippen LogP) is 2.86. The van der Waals surface area contributed by atoms with E-state index in [2.05, 4.69) is 34.4 Å². The molecule has 0 aromatic carbocycles. The Balaban J connectivity index is 0.00000312. The smallest absolute Gasteiger partial charge is 0.191 e. The molecule has 1 aliphatic rings. The first kappa shape index (κ1) is 22.7. The summed E-state index contributed by atoms with van der Waals surface area (Å²) >= 11 is 1.60. The van der Waals surface area contributed by atoms with Gasteiger partial charge < -0.3 is 20.6 Å². The van der Waals surface area contributed by atoms with Crippen molar-refractivity contribution in [1.29, 1.82) is 0 Å². The number of guanidine groups is 1. The van der Waals surface area contributed by atoms with E-state index < -0.39 is 5.60 Å². The van der Waals surface area contributed by atoms with Crippen LogP contribution in [0.3, 0.4) is 0 Å². The fraction of sp³-hybridized carbons (Fsp3) is 0.722. The highest BCUT2D eigenvalue weighted by atomic mass is 127. The van der Waals surface area contributed by atoms with Crippen molar-refractivity contribution in [2.75, 3.05) is 39.3 Å². The van der Waals surface area contributed by atoms with E-state index in [4.69, 9.17) is 0 Å². The van der Waals surface area contributed by atoms with Crippen molar-refractivity contribution in [2.24, 2.45) is 10.9 Å². The van der Waals surface area contributed by atoms with Crippen molar-refractivity contribution in [3.8, 4) is 0 Å². The minimum Gasteiger partial charge on any atom is -0.383 e. The molecule has 0 aliphatic carbocycles. The topological polar surface area (TPSA) is 59.9 Å². The lowest BCUT2D eigenvalue weighted by molar-refractivity contribution is 0.0677. The summed E-state index contributed by atoms with van der Waals surface area (Å²) < 4.78 is 0. The van der Waals surface area contributed by atoms with Gasteiger partial charge in [0.15, 0.2) is 5.96 Å². The molecule has 1 aliphatic heterocycles. The number of likely N-dealkylation sites (tertiary alicyclic amines) is 1. The van der Waals surface area contributed by atoms with E-state index in [9.17, 15) is 5.11 Å². The van der Waals surface area contributed by atoms with Crippen LogP contribution < -0.4 is 10.6 Å². The third-order valence-corrected chi connectivity index (χ3v) is 5.18. The highest BCUT2D eigenvalue weighted by molar-refractivity contribution is 14.0. The summed E-state index contributed by atoms with van der Waals surface area (Å²) in [5.41, 5.74) is 0.00581. The first-order valence-electron chi connectivity index (χ1n) is 9.04. The van der Waals surface area contributed by atoms with Crippen LogP contribution in [0.5, 0.6) is 0 Å². The Hall–Kier alpha value is -0.380. The number of rotatable bonds is 8. The van der Waals surface area contributed by atoms with Gasteiger partial charge in [0.05, 0.1) is 6.54 Å². The van der Waals surface area contributed by atoms with Crippen LogP contribution in [0.4, 0.5) is 0 Å². The lowest BCUT2D eigenvalue weighted by Crippen LogP contribution is -2.41. The SMILES string of the molecule is CCCN1CCC(CNC(=NCC(C)(O)c2ccsc2)NCC)C1.I. The van der Waals surface area contributed by atoms with Gasteiger partial charge in [-0.15, -0.1) is 24.0 Å². The van der Waals surface area contributed by atoms with E-state index in [1.807, 2.05) is 23.8 Å². The van der Waals surface area contributed by atoms with Crippen LogP contribution in [-0.4, -0.2) is 55.2 Å². The molecule has 25 heavy (non-hydrogen) atoms. The number of thiophene rings is 1. The molecule has 2 atom stereocenters. The van der Waals surface area contributed by atoms with Crippen LogP contribution in [0.15, 0.2) is 21.8 Å². The third-order valence-electron chi connectivity index (χ3n) is 4.50. The first-order chi connectivity index (χ1) is 11.5. The minimum absolute atomic E-state index is 0. The molecular formula is C18H33IN4OS. The van der Waals surface area contributed by atoms with Crippen LogP contribution in [0.1, 0.15) is 39.2 Å². The number of halogens is 1. The second kappa shape index (κ2) is 11.4. The molecule has 144 valence electrons. The van der Waals surface area contributed by atoms with Crippen molar-refractivity contribution in [2.45, 2.75) is 39.2 Å². The van der Waals surface area contributed by atoms with Crippen molar-refractivity contribution in [3.05, 3.63) is 22.4 Å². The van der Waals surface area contributed by atoms with Gasteiger partial charge in [-0.1, -0.05) is 6.92 Å². The maximum absolute atomic E-state index is 10.6. The van der Waals surface area contributed by atoms with E-state index in [0.717, 1.165) is 24.6 Å². The quantitative estimate of drug-likeness (QED) is 0.304. The summed E-state index contributed by atoms with van der Waals surface area (Å²) in [6, 6.07) is 1.96. The molecule has 0 radical (unpaired) electrons. The Labute approximate surface area is 173 Å². The molecule has 1 saturated heterocycles. The molecule has 2 rings (SSSR count). The minimum atomic E-state index is -0.923. The van der Waals surface area contributed by atoms with Gasteiger partial charge in [0.2, 0.25) is 0 Å². The first-order valence-corrected chi connectivity index (χ1v) is 9.99. The molecule has 0 bridgehead atoms. The Morgan fingerprint density at radius 1 is 1.44 bits per heavy atom. The van der Waals surface area contributed by atoms with E-state index in [1.54, 1.807) is 11.3 Å². The number of nitrogens with one attached hydrogen (secondary N) is 2. The number of hydrogen-bond donors (Lipinski definition) is 3. The molecule has 5 nitrogen and oxygen atoms in total. The van der Waals surface area contributed by atoms with Crippen molar-refractivity contribution in [3.63, 3.8) is 0 Å². The highest BCUT2D eigenvalue weighted by Gasteiger charge is 2.24. The van der Waals surface area contributed by atoms with E-state index in [0.29, 0.717) is 12.5 Å². The average Bonchev–Trinajstić information content (AvgIpc) is 3.22. The Bertz CT molecular complexity index is 507. The molecule has 2 unspecified atom stereocenters. The second-order valence-corrected chi connectivity index (χ2v) is 7.60. The van der Waals surface area contributed by atoms with Gasteiger partial charge in [0, 0.05) is 19.6 Å². The summed E-state index contributed by atoms with van der Waals surface area (Å²) in [5, 5.41) is 21.3. The number of hydrogen-bond acceptors (Lipinski definition) is 4. The summed E-state index contributed by atoms with van der Waals surface area (Å²) in [7, 11) is 0. The molecule has 0 saturated carbocycles. The van der Waals surface area contributed by atoms with Crippen LogP contribution >= 0.6 is 35.3 Å². The Morgan fingerprint density at radius 2 is 2.24 bits per heavy atom. The zero-order valence-corrected chi connectivity index (χ0v) is 18.8. The maximum atomic E-state index is 10.6. The van der Waals surface area contributed by atoms with E-state index >= 15 is 0 Å². The van der Waals surface area contributed by atoms with Crippen molar-refractivity contribution >= 4 is 41.3 Å². The Morgan fingerprint density at radius 3 is 2.88 bits per heavy atom. The zero-order valence-electron chi connectivity index (χ0n) is 15.6. The van der Waals surface area contributed by atoms with Crippen molar-refractivity contribution < 1.29 is 5.11 Å². The fourth-order valence-electron chi connectivity index (χ4n) is 3.08. The summed E-state index contributed by atoms with van der Waals surface area (Å²) in [4.78, 5) is 7.13. The highest BCUT2D eigenvalue weighted by Crippen LogP contribution is 2.23. The standard InChI is InChI=1S/C18H32N4OS.HI/c1-4-8-22-9-6-15(12-22)11-20-17(19-5-2)21-14-18(3,23)16-7-10-24-13-16;/h7,10,13,15,23H,4-6,8-9,11-12,14H2,1-3H3,(H2,19,20,21);1H. The lowest BCUT2D eigenvalue weighted by Gasteiger charge is -2.21. The lowest BCUT2D eigenvalue weighted by atomic mass is 10.00. The van der Waals surface area contributed by atoms with Gasteiger partial charge in [-0.25, -0.2) is 4.99 Å². The summed E-state index contributed by atoms with van der Waals surface area (Å²) in [6.07, 6.45) is 2.47. The molecule has 0 amide bonds. The van der Waals surface area contributed by atoms with Gasteiger partial charge in [-0.05, 0) is 68.1 Å². The van der Waals surface area contributed by atoms with Crippen LogP contribution in [0, 0.1) is 5.92 Å². The van der Waals surface area contributed by atoms with Gasteiger partial charge in [0.25, 0.3) is 0 Å². The van der Waals surface area contributed by atoms with Crippen LogP contribution in [0.25, 0.3) is 0 Å². The molecule has 3 N–H and O–H groups in total. The third kappa shape index (κ3) is 7.40. The van der Waals surface area contributed by atoms with Gasteiger partial charge in [0.1, 0.15) is 5.60 Å². The number of aliphatic hydroxyl groups is 1. The molecule has 1 aromatic rings. The van der Waals surface area contributed by atoms with Gasteiger partial charge in [-0.2, -0.15) is 11.3 Å². The van der Waals surface area contributed by atoms with Crippen molar-refractivity contribution in [1.82, 2.24) is 15.5 Å². The average molecular weight is 480 g/mol. The number of nitrogens with zero attached hydrogens (tertiary/aromatic N) is 2. The summed E-state index contributed by atoms with van der Waals surface area (Å²) in [5.74, 6) is 1.47. The van der Waals surface area contributed by atoms with Crippen LogP contribution in [0.2, 0.25) is 0 Å². The Kier molecular flexibility index (Phi) is 10.3. The number of aliphatic imine (C=N–C) groups is 1. The molecule has 1 aromatic heterocycles. The molecule has 1 fully saturated rings. The normalized spacial score (nSPS) is 20.8. The molecule has 7 heteroatoms. The largest absolute Gasteiger partial charge is 0.383 e. The van der Waals surface area contributed by atoms with Gasteiger partial charge >= 0.3 is 0 Å². The second-order valence-electron chi connectivity index (χ2n) is 6.82. The predicted molar refractivity (Wildman–Crippen MR) is 118 cm³/mol. The molecule has 2 heterocycles. The molecular weight excluding hydrogens is 447 g/mol. The zero-order chi connectivity index (χ0) is 17.4. The fourth-order valence-corrected chi connectivity index (χ4v) is 3.86.